The van der Waals surface area contributed by atoms with Crippen molar-refractivity contribution in [2.24, 2.45) is 17.2 Å². The fraction of sp³-hybridized carbons (Fsp3) is 0.667. The SMILES string of the molecule is NCCCCC(N)C(=O)NC(CC(N)=O)C(=O)NC(CS)C(=O)NC(CCC(=O)O)C(=O)O. The number of primary amides is 1. The summed E-state index contributed by atoms with van der Waals surface area (Å²) in [6.07, 6.45) is 0.0490. The van der Waals surface area contributed by atoms with Gasteiger partial charge in [-0.25, -0.2) is 4.79 Å². The number of hydrogen-bond acceptors (Lipinski definition) is 9. The average molecular weight is 493 g/mol. The molecule has 188 valence electrons. The lowest BCUT2D eigenvalue weighted by molar-refractivity contribution is -0.143. The van der Waals surface area contributed by atoms with Crippen LogP contribution in [0.25, 0.3) is 0 Å². The molecule has 33 heavy (non-hydrogen) atoms. The minimum atomic E-state index is -1.51. The molecule has 14 nitrogen and oxygen atoms in total. The Labute approximate surface area is 195 Å². The number of carbonyl (C=O) groups is 6. The molecule has 15 heteroatoms. The van der Waals surface area contributed by atoms with Crippen LogP contribution in [0.15, 0.2) is 0 Å². The molecular weight excluding hydrogens is 460 g/mol. The Morgan fingerprint density at radius 3 is 1.85 bits per heavy atom. The van der Waals surface area contributed by atoms with E-state index >= 15 is 0 Å². The van der Waals surface area contributed by atoms with Crippen molar-refractivity contribution in [3.63, 3.8) is 0 Å². The highest BCUT2D eigenvalue weighted by atomic mass is 32.1. The summed E-state index contributed by atoms with van der Waals surface area (Å²) in [7, 11) is 0. The molecule has 0 saturated heterocycles. The largest absolute Gasteiger partial charge is 0.481 e. The van der Waals surface area contributed by atoms with Crippen molar-refractivity contribution in [3.05, 3.63) is 0 Å². The van der Waals surface area contributed by atoms with E-state index in [1.807, 2.05) is 0 Å². The molecule has 0 aromatic rings. The van der Waals surface area contributed by atoms with Gasteiger partial charge in [-0.05, 0) is 25.8 Å². The van der Waals surface area contributed by atoms with Crippen LogP contribution in [0, 0.1) is 0 Å². The van der Waals surface area contributed by atoms with Crippen LogP contribution in [-0.4, -0.2) is 82.2 Å². The van der Waals surface area contributed by atoms with Crippen LogP contribution in [0.1, 0.15) is 38.5 Å². The molecule has 0 rings (SSSR count). The highest BCUT2D eigenvalue weighted by Gasteiger charge is 2.30. The third-order valence-corrected chi connectivity index (χ3v) is 4.79. The normalized spacial score (nSPS) is 14.3. The summed E-state index contributed by atoms with van der Waals surface area (Å²) in [5.41, 5.74) is 16.3. The van der Waals surface area contributed by atoms with Crippen LogP contribution in [0.5, 0.6) is 0 Å². The smallest absolute Gasteiger partial charge is 0.326 e. The first kappa shape index (κ1) is 30.1. The first-order valence-corrected chi connectivity index (χ1v) is 10.8. The summed E-state index contributed by atoms with van der Waals surface area (Å²) in [5, 5.41) is 24.5. The number of nitrogens with one attached hydrogen (secondary N) is 3. The fourth-order valence-corrected chi connectivity index (χ4v) is 2.85. The zero-order valence-corrected chi connectivity index (χ0v) is 18.9. The van der Waals surface area contributed by atoms with Gasteiger partial charge in [0.2, 0.25) is 23.6 Å². The van der Waals surface area contributed by atoms with Crippen LogP contribution < -0.4 is 33.2 Å². The molecule has 0 aliphatic rings. The summed E-state index contributed by atoms with van der Waals surface area (Å²) >= 11 is 3.95. The summed E-state index contributed by atoms with van der Waals surface area (Å²) in [5.74, 6) is -6.48. The van der Waals surface area contributed by atoms with E-state index in [-0.39, 0.29) is 12.2 Å². The van der Waals surface area contributed by atoms with E-state index < -0.39 is 72.6 Å². The highest BCUT2D eigenvalue weighted by Crippen LogP contribution is 2.03. The Hall–Kier alpha value is -2.91. The molecule has 4 unspecified atom stereocenters. The molecule has 11 N–H and O–H groups in total. The number of nitrogens with two attached hydrogens (primary N) is 3. The molecular formula is C18H32N6O8S. The number of rotatable bonds is 17. The van der Waals surface area contributed by atoms with Crippen LogP contribution in [0.2, 0.25) is 0 Å². The first-order chi connectivity index (χ1) is 15.4. The van der Waals surface area contributed by atoms with E-state index in [0.717, 1.165) is 0 Å². The second-order valence-corrected chi connectivity index (χ2v) is 7.56. The van der Waals surface area contributed by atoms with E-state index in [9.17, 15) is 28.8 Å². The summed E-state index contributed by atoms with van der Waals surface area (Å²) in [4.78, 5) is 70.5. The predicted octanol–water partition coefficient (Wildman–Crippen LogP) is -3.35. The summed E-state index contributed by atoms with van der Waals surface area (Å²) < 4.78 is 0. The minimum Gasteiger partial charge on any atom is -0.481 e. The van der Waals surface area contributed by atoms with E-state index in [0.29, 0.717) is 25.8 Å². The van der Waals surface area contributed by atoms with Gasteiger partial charge in [-0.3, -0.25) is 24.0 Å². The quantitative estimate of drug-likeness (QED) is 0.0719. The maximum Gasteiger partial charge on any atom is 0.326 e. The highest BCUT2D eigenvalue weighted by molar-refractivity contribution is 7.80. The fourth-order valence-electron chi connectivity index (χ4n) is 2.59. The lowest BCUT2D eigenvalue weighted by Crippen LogP contribution is -2.58. The van der Waals surface area contributed by atoms with Gasteiger partial charge >= 0.3 is 11.9 Å². The van der Waals surface area contributed by atoms with E-state index in [1.165, 1.54) is 0 Å². The molecule has 0 aliphatic carbocycles. The van der Waals surface area contributed by atoms with Gasteiger partial charge in [0.1, 0.15) is 18.1 Å². The van der Waals surface area contributed by atoms with Gasteiger partial charge in [0.15, 0.2) is 0 Å². The molecule has 0 aliphatic heterocycles. The zero-order chi connectivity index (χ0) is 25.6. The van der Waals surface area contributed by atoms with Crippen molar-refractivity contribution in [1.82, 2.24) is 16.0 Å². The molecule has 0 radical (unpaired) electrons. The van der Waals surface area contributed by atoms with Gasteiger partial charge < -0.3 is 43.4 Å². The van der Waals surface area contributed by atoms with Crippen LogP contribution in [0.4, 0.5) is 0 Å². The van der Waals surface area contributed by atoms with Gasteiger partial charge in [-0.1, -0.05) is 6.42 Å². The lowest BCUT2D eigenvalue weighted by atomic mass is 10.1. The van der Waals surface area contributed by atoms with Crippen molar-refractivity contribution >= 4 is 48.2 Å². The third kappa shape index (κ3) is 12.6. The Morgan fingerprint density at radius 2 is 1.36 bits per heavy atom. The summed E-state index contributed by atoms with van der Waals surface area (Å²) in [6.45, 7) is 0.424. The minimum absolute atomic E-state index is 0.265. The van der Waals surface area contributed by atoms with Crippen molar-refractivity contribution in [2.45, 2.75) is 62.7 Å². The number of carboxylic acids is 2. The molecule has 4 amide bonds. The number of thiol groups is 1. The van der Waals surface area contributed by atoms with Gasteiger partial charge in [0.25, 0.3) is 0 Å². The van der Waals surface area contributed by atoms with Crippen molar-refractivity contribution < 1.29 is 39.0 Å². The number of amides is 4. The topological polar surface area (TPSA) is 257 Å². The Morgan fingerprint density at radius 1 is 0.818 bits per heavy atom. The van der Waals surface area contributed by atoms with Crippen molar-refractivity contribution in [3.8, 4) is 0 Å². The monoisotopic (exact) mass is 492 g/mol. The number of unbranched alkanes of at least 4 members (excludes halogenated alkanes) is 1. The molecule has 0 bridgehead atoms. The van der Waals surface area contributed by atoms with Gasteiger partial charge in [-0.15, -0.1) is 0 Å². The van der Waals surface area contributed by atoms with Gasteiger partial charge in [0, 0.05) is 12.2 Å². The molecule has 0 heterocycles. The van der Waals surface area contributed by atoms with Crippen molar-refractivity contribution in [1.29, 1.82) is 0 Å². The van der Waals surface area contributed by atoms with E-state index in [1.54, 1.807) is 0 Å². The first-order valence-electron chi connectivity index (χ1n) is 10.1. The molecule has 0 saturated carbocycles. The van der Waals surface area contributed by atoms with Crippen LogP contribution in [-0.2, 0) is 28.8 Å². The molecule has 0 spiro atoms. The maximum absolute atomic E-state index is 12.6. The Kier molecular flexibility index (Phi) is 14.4. The predicted molar refractivity (Wildman–Crippen MR) is 119 cm³/mol. The van der Waals surface area contributed by atoms with Crippen LogP contribution >= 0.6 is 12.6 Å². The zero-order valence-electron chi connectivity index (χ0n) is 18.0. The third-order valence-electron chi connectivity index (χ3n) is 4.42. The number of carboxylic acid groups (broad SMARTS) is 2. The molecule has 4 atom stereocenters. The Balaban J connectivity index is 5.19. The van der Waals surface area contributed by atoms with Crippen LogP contribution in [0.3, 0.4) is 0 Å². The average Bonchev–Trinajstić information content (AvgIpc) is 2.73. The Bertz CT molecular complexity index is 722. The van der Waals surface area contributed by atoms with E-state index in [2.05, 4.69) is 28.6 Å². The van der Waals surface area contributed by atoms with Gasteiger partial charge in [0.05, 0.1) is 12.5 Å². The second kappa shape index (κ2) is 15.8. The standard InChI is InChI=1S/C18H32N6O8S/c19-6-2-1-3-9(20)15(28)23-11(7-13(21)25)16(29)24-12(8-33)17(30)22-10(18(31)32)4-5-14(26)27/h9-12,33H,1-8,19-20H2,(H2,21,25)(H,22,30)(H,23,28)(H,24,29)(H,26,27)(H,31,32). The molecule has 0 aromatic heterocycles. The van der Waals surface area contributed by atoms with Gasteiger partial charge in [-0.2, -0.15) is 12.6 Å². The number of carbonyl (C=O) groups excluding carboxylic acids is 4. The number of aliphatic carboxylic acids is 2. The lowest BCUT2D eigenvalue weighted by Gasteiger charge is -2.24. The molecule has 0 aromatic carbocycles. The second-order valence-electron chi connectivity index (χ2n) is 7.20. The van der Waals surface area contributed by atoms with Crippen molar-refractivity contribution in [2.75, 3.05) is 12.3 Å². The summed E-state index contributed by atoms with van der Waals surface area (Å²) in [6, 6.07) is -5.26. The molecule has 0 fully saturated rings. The maximum atomic E-state index is 12.6. The van der Waals surface area contributed by atoms with E-state index in [4.69, 9.17) is 27.4 Å². The number of hydrogen-bond donors (Lipinski definition) is 9.